The zero-order chi connectivity index (χ0) is 17.0. The predicted molar refractivity (Wildman–Crippen MR) is 93.8 cm³/mol. The summed E-state index contributed by atoms with van der Waals surface area (Å²) < 4.78 is 0. The average molecular weight is 310 g/mol. The van der Waals surface area contributed by atoms with E-state index in [1.807, 2.05) is 38.1 Å². The third-order valence-electron chi connectivity index (χ3n) is 3.72. The van der Waals surface area contributed by atoms with Crippen LogP contribution in [0.2, 0.25) is 0 Å². The van der Waals surface area contributed by atoms with Crippen LogP contribution in [0.25, 0.3) is 0 Å². The summed E-state index contributed by atoms with van der Waals surface area (Å²) in [5.74, 6) is -0.0763. The molecule has 4 heteroatoms. The molecule has 23 heavy (non-hydrogen) atoms. The van der Waals surface area contributed by atoms with Crippen molar-refractivity contribution >= 4 is 23.2 Å². The Hall–Kier alpha value is -2.62. The third-order valence-corrected chi connectivity index (χ3v) is 3.72. The fourth-order valence-corrected chi connectivity index (χ4v) is 2.52. The summed E-state index contributed by atoms with van der Waals surface area (Å²) in [5.41, 5.74) is 4.84. The molecule has 0 saturated carbocycles. The summed E-state index contributed by atoms with van der Waals surface area (Å²) in [6.07, 6.45) is 0.324. The molecule has 0 radical (unpaired) electrons. The van der Waals surface area contributed by atoms with E-state index in [0.717, 1.165) is 22.5 Å². The van der Waals surface area contributed by atoms with Crippen molar-refractivity contribution in [3.8, 4) is 0 Å². The highest BCUT2D eigenvalue weighted by Crippen LogP contribution is 2.21. The van der Waals surface area contributed by atoms with Crippen molar-refractivity contribution in [1.29, 1.82) is 0 Å². The van der Waals surface area contributed by atoms with Gasteiger partial charge in [-0.15, -0.1) is 0 Å². The van der Waals surface area contributed by atoms with Crippen molar-refractivity contribution in [2.75, 3.05) is 17.3 Å². The number of hydrogen-bond acceptors (Lipinski definition) is 2. The highest BCUT2D eigenvalue weighted by molar-refractivity contribution is 5.95. The Morgan fingerprint density at radius 2 is 1.70 bits per heavy atom. The summed E-state index contributed by atoms with van der Waals surface area (Å²) in [7, 11) is 1.80. The molecule has 0 bridgehead atoms. The zero-order valence-corrected chi connectivity index (χ0v) is 14.0. The SMILES string of the molecule is CC(=O)Nc1ccc(CC(=O)N(C)c2ccc(C)cc2C)cc1. The molecule has 2 rings (SSSR count). The number of carbonyl (C=O) groups excluding carboxylic acids is 2. The van der Waals surface area contributed by atoms with Crippen molar-refractivity contribution in [3.63, 3.8) is 0 Å². The lowest BCUT2D eigenvalue weighted by atomic mass is 10.1. The molecule has 0 unspecified atom stereocenters. The number of nitrogens with zero attached hydrogens (tertiary/aromatic N) is 1. The maximum atomic E-state index is 12.5. The summed E-state index contributed by atoms with van der Waals surface area (Å²) >= 11 is 0. The van der Waals surface area contributed by atoms with Gasteiger partial charge in [-0.3, -0.25) is 9.59 Å². The number of carbonyl (C=O) groups is 2. The Labute approximate surface area is 137 Å². The van der Waals surface area contributed by atoms with Crippen LogP contribution < -0.4 is 10.2 Å². The molecule has 0 atom stereocenters. The Morgan fingerprint density at radius 3 is 2.26 bits per heavy atom. The van der Waals surface area contributed by atoms with Gasteiger partial charge in [-0.2, -0.15) is 0 Å². The standard InChI is InChI=1S/C19H22N2O2/c1-13-5-10-18(14(2)11-13)21(4)19(23)12-16-6-8-17(9-7-16)20-15(3)22/h5-11H,12H2,1-4H3,(H,20,22). The van der Waals surface area contributed by atoms with E-state index in [1.54, 1.807) is 24.1 Å². The summed E-state index contributed by atoms with van der Waals surface area (Å²) in [4.78, 5) is 25.2. The molecule has 2 aromatic carbocycles. The Morgan fingerprint density at radius 1 is 1.04 bits per heavy atom. The van der Waals surface area contributed by atoms with Gasteiger partial charge in [0, 0.05) is 25.3 Å². The number of nitrogens with one attached hydrogen (secondary N) is 1. The highest BCUT2D eigenvalue weighted by atomic mass is 16.2. The van der Waals surface area contributed by atoms with E-state index in [0.29, 0.717) is 6.42 Å². The zero-order valence-electron chi connectivity index (χ0n) is 14.0. The van der Waals surface area contributed by atoms with Crippen molar-refractivity contribution in [2.24, 2.45) is 0 Å². The first-order chi connectivity index (χ1) is 10.9. The molecule has 2 aromatic rings. The topological polar surface area (TPSA) is 49.4 Å². The van der Waals surface area contributed by atoms with Crippen LogP contribution in [-0.4, -0.2) is 18.9 Å². The van der Waals surface area contributed by atoms with Crippen LogP contribution in [0.15, 0.2) is 42.5 Å². The smallest absolute Gasteiger partial charge is 0.231 e. The second kappa shape index (κ2) is 7.09. The van der Waals surface area contributed by atoms with Crippen molar-refractivity contribution < 1.29 is 9.59 Å². The number of benzene rings is 2. The van der Waals surface area contributed by atoms with Crippen molar-refractivity contribution in [3.05, 3.63) is 59.2 Å². The van der Waals surface area contributed by atoms with E-state index in [2.05, 4.69) is 11.4 Å². The molecule has 1 N–H and O–H groups in total. The van der Waals surface area contributed by atoms with Gasteiger partial charge in [0.15, 0.2) is 0 Å². The van der Waals surface area contributed by atoms with E-state index in [4.69, 9.17) is 0 Å². The lowest BCUT2D eigenvalue weighted by molar-refractivity contribution is -0.117. The Balaban J connectivity index is 2.07. The average Bonchev–Trinajstić information content (AvgIpc) is 2.48. The number of likely N-dealkylation sites (N-methyl/N-ethyl adjacent to an activating group) is 1. The normalized spacial score (nSPS) is 10.3. The quantitative estimate of drug-likeness (QED) is 0.940. The lowest BCUT2D eigenvalue weighted by Gasteiger charge is -2.20. The van der Waals surface area contributed by atoms with Crippen LogP contribution >= 0.6 is 0 Å². The fraction of sp³-hybridized carbons (Fsp3) is 0.263. The molecule has 2 amide bonds. The molecule has 0 heterocycles. The van der Waals surface area contributed by atoms with Crippen LogP contribution in [0.4, 0.5) is 11.4 Å². The monoisotopic (exact) mass is 310 g/mol. The molecule has 4 nitrogen and oxygen atoms in total. The summed E-state index contributed by atoms with van der Waals surface area (Å²) in [5, 5.41) is 2.71. The van der Waals surface area contributed by atoms with E-state index in [-0.39, 0.29) is 11.8 Å². The number of rotatable bonds is 4. The van der Waals surface area contributed by atoms with Gasteiger partial charge in [-0.05, 0) is 43.2 Å². The Kier molecular flexibility index (Phi) is 5.16. The van der Waals surface area contributed by atoms with Gasteiger partial charge in [0.2, 0.25) is 11.8 Å². The first-order valence-electron chi connectivity index (χ1n) is 7.57. The molecule has 0 aromatic heterocycles. The van der Waals surface area contributed by atoms with Gasteiger partial charge >= 0.3 is 0 Å². The number of amides is 2. The minimum absolute atomic E-state index is 0.0317. The second-order valence-corrected chi connectivity index (χ2v) is 5.80. The molecule has 0 aliphatic heterocycles. The molecular weight excluding hydrogens is 288 g/mol. The fourth-order valence-electron chi connectivity index (χ4n) is 2.52. The van der Waals surface area contributed by atoms with Crippen LogP contribution in [0.5, 0.6) is 0 Å². The first kappa shape index (κ1) is 16.7. The maximum absolute atomic E-state index is 12.5. The second-order valence-electron chi connectivity index (χ2n) is 5.80. The van der Waals surface area contributed by atoms with Gasteiger partial charge in [0.25, 0.3) is 0 Å². The summed E-state index contributed by atoms with van der Waals surface area (Å²) in [6, 6.07) is 13.4. The molecule has 0 fully saturated rings. The van der Waals surface area contributed by atoms with Crippen LogP contribution in [-0.2, 0) is 16.0 Å². The molecule has 0 spiro atoms. The minimum atomic E-state index is -0.108. The van der Waals surface area contributed by atoms with Gasteiger partial charge in [-0.25, -0.2) is 0 Å². The van der Waals surface area contributed by atoms with E-state index in [1.165, 1.54) is 12.5 Å². The van der Waals surface area contributed by atoms with E-state index >= 15 is 0 Å². The van der Waals surface area contributed by atoms with Crippen LogP contribution in [0.1, 0.15) is 23.6 Å². The Bertz CT molecular complexity index is 721. The highest BCUT2D eigenvalue weighted by Gasteiger charge is 2.13. The molecule has 0 aliphatic rings. The third kappa shape index (κ3) is 4.42. The lowest BCUT2D eigenvalue weighted by Crippen LogP contribution is -2.28. The first-order valence-corrected chi connectivity index (χ1v) is 7.57. The van der Waals surface area contributed by atoms with Crippen molar-refractivity contribution in [2.45, 2.75) is 27.2 Å². The van der Waals surface area contributed by atoms with Crippen LogP contribution in [0, 0.1) is 13.8 Å². The molecular formula is C19H22N2O2. The predicted octanol–water partition coefficient (Wildman–Crippen LogP) is 3.47. The largest absolute Gasteiger partial charge is 0.326 e. The van der Waals surface area contributed by atoms with E-state index < -0.39 is 0 Å². The maximum Gasteiger partial charge on any atom is 0.231 e. The molecule has 120 valence electrons. The van der Waals surface area contributed by atoms with Crippen LogP contribution in [0.3, 0.4) is 0 Å². The summed E-state index contributed by atoms with van der Waals surface area (Å²) in [6.45, 7) is 5.51. The van der Waals surface area contributed by atoms with Gasteiger partial charge in [0.05, 0.1) is 6.42 Å². The van der Waals surface area contributed by atoms with Gasteiger partial charge < -0.3 is 10.2 Å². The van der Waals surface area contributed by atoms with Crippen molar-refractivity contribution in [1.82, 2.24) is 0 Å². The number of hydrogen-bond donors (Lipinski definition) is 1. The molecule has 0 saturated heterocycles. The van der Waals surface area contributed by atoms with Gasteiger partial charge in [0.1, 0.15) is 0 Å². The molecule has 0 aliphatic carbocycles. The van der Waals surface area contributed by atoms with Gasteiger partial charge in [-0.1, -0.05) is 29.8 Å². The number of anilines is 2. The number of aryl methyl sites for hydroxylation is 2. The minimum Gasteiger partial charge on any atom is -0.326 e. The van der Waals surface area contributed by atoms with E-state index in [9.17, 15) is 9.59 Å².